The van der Waals surface area contributed by atoms with Crippen molar-refractivity contribution in [3.8, 4) is 5.75 Å². The Hall–Kier alpha value is -3.69. The van der Waals surface area contributed by atoms with E-state index in [0.29, 0.717) is 32.8 Å². The maximum Gasteiger partial charge on any atom is 0.254 e. The molecule has 0 radical (unpaired) electrons. The number of methoxy groups -OCH3 is 1. The average Bonchev–Trinajstić information content (AvgIpc) is 3.55. The van der Waals surface area contributed by atoms with Crippen LogP contribution in [0, 0.1) is 0 Å². The van der Waals surface area contributed by atoms with E-state index in [9.17, 15) is 4.79 Å². The lowest BCUT2D eigenvalue weighted by Crippen LogP contribution is -2.48. The minimum atomic E-state index is -0.0537. The van der Waals surface area contributed by atoms with Gasteiger partial charge in [0.25, 0.3) is 5.91 Å². The summed E-state index contributed by atoms with van der Waals surface area (Å²) < 4.78 is 13.4. The summed E-state index contributed by atoms with van der Waals surface area (Å²) in [7, 11) is 1.66. The van der Waals surface area contributed by atoms with Crippen LogP contribution >= 0.6 is 0 Å². The molecule has 0 unspecified atom stereocenters. The van der Waals surface area contributed by atoms with Gasteiger partial charge in [-0.15, -0.1) is 5.10 Å². The first kappa shape index (κ1) is 21.8. The molecule has 2 aliphatic rings. The number of ether oxygens (including phenoxy) is 2. The van der Waals surface area contributed by atoms with Gasteiger partial charge >= 0.3 is 0 Å². The number of H-pyrrole nitrogens is 1. The number of fused-ring (bicyclic) bond motifs is 2. The number of rotatable bonds is 5. The Morgan fingerprint density at radius 3 is 2.74 bits per heavy atom. The molecule has 1 atom stereocenters. The first-order valence-electron chi connectivity index (χ1n) is 11.9. The maximum atomic E-state index is 13.2. The second-order valence-electron chi connectivity index (χ2n) is 9.05. The Balaban J connectivity index is 1.07. The topological polar surface area (TPSA) is 88.5 Å². The summed E-state index contributed by atoms with van der Waals surface area (Å²) in [6.07, 6.45) is 1.82. The Morgan fingerprint density at radius 2 is 1.94 bits per heavy atom. The number of nitrogens with one attached hydrogen (secondary N) is 1. The van der Waals surface area contributed by atoms with Crippen molar-refractivity contribution >= 4 is 16.8 Å². The van der Waals surface area contributed by atoms with E-state index in [2.05, 4.69) is 20.2 Å². The number of nitrogens with zero attached hydrogens (tertiary/aromatic N) is 5. The molecule has 2 aliphatic heterocycles. The van der Waals surface area contributed by atoms with Crippen molar-refractivity contribution < 1.29 is 14.3 Å². The Kier molecular flexibility index (Phi) is 5.71. The summed E-state index contributed by atoms with van der Waals surface area (Å²) in [4.78, 5) is 20.6. The summed E-state index contributed by atoms with van der Waals surface area (Å²) in [5.41, 5.74) is 4.84. The summed E-state index contributed by atoms with van der Waals surface area (Å²) in [6.45, 7) is 4.83. The van der Waals surface area contributed by atoms with E-state index in [1.54, 1.807) is 7.11 Å². The minimum Gasteiger partial charge on any atom is -0.497 e. The van der Waals surface area contributed by atoms with E-state index >= 15 is 0 Å². The number of aromatic amines is 1. The van der Waals surface area contributed by atoms with Crippen LogP contribution in [0.2, 0.25) is 0 Å². The highest BCUT2D eigenvalue weighted by Crippen LogP contribution is 2.28. The van der Waals surface area contributed by atoms with Gasteiger partial charge in [-0.25, -0.2) is 4.68 Å². The molecule has 0 spiro atoms. The van der Waals surface area contributed by atoms with Crippen molar-refractivity contribution in [1.29, 1.82) is 0 Å². The normalized spacial score (nSPS) is 18.5. The molecule has 1 N–H and O–H groups in total. The van der Waals surface area contributed by atoms with Crippen LogP contribution in [-0.4, -0.2) is 69.0 Å². The molecule has 0 aliphatic carbocycles. The highest BCUT2D eigenvalue weighted by atomic mass is 16.5. The molecule has 9 nitrogen and oxygen atoms in total. The number of carbonyl (C=O) groups is 1. The Bertz CT molecular complexity index is 1340. The molecule has 1 saturated heterocycles. The molecule has 2 aromatic carbocycles. The first-order valence-corrected chi connectivity index (χ1v) is 11.9. The third kappa shape index (κ3) is 4.17. The number of piperazine rings is 1. The molecule has 6 rings (SSSR count). The smallest absolute Gasteiger partial charge is 0.254 e. The van der Waals surface area contributed by atoms with Gasteiger partial charge in [-0.1, -0.05) is 23.4 Å². The fourth-order valence-electron chi connectivity index (χ4n) is 4.97. The SMILES string of the molecule is COc1ccc([C@@H]2Cn3nnc(CN4CCN(C(=O)c5cccc6[nH]ccc56)CC4)c3CO2)cc1. The van der Waals surface area contributed by atoms with Crippen molar-refractivity contribution in [2.24, 2.45) is 0 Å². The maximum absolute atomic E-state index is 13.2. The zero-order valence-electron chi connectivity index (χ0n) is 19.7. The Labute approximate surface area is 203 Å². The second-order valence-corrected chi connectivity index (χ2v) is 9.05. The van der Waals surface area contributed by atoms with E-state index in [-0.39, 0.29) is 12.0 Å². The summed E-state index contributed by atoms with van der Waals surface area (Å²) in [5.74, 6) is 0.922. The molecule has 35 heavy (non-hydrogen) atoms. The standard InChI is InChI=1S/C26H28N6O3/c1-34-19-7-5-18(6-8-19)25-16-32-24(17-35-25)23(28-29-32)15-30-11-13-31(14-12-30)26(33)21-3-2-4-22-20(21)9-10-27-22/h2-10,25,27H,11-17H2,1H3/t25-/m0/s1. The predicted molar refractivity (Wildman–Crippen MR) is 130 cm³/mol. The van der Waals surface area contributed by atoms with Gasteiger partial charge in [0.05, 0.1) is 26.0 Å². The number of benzene rings is 2. The van der Waals surface area contributed by atoms with Crippen LogP contribution in [0.4, 0.5) is 0 Å². The van der Waals surface area contributed by atoms with E-state index < -0.39 is 0 Å². The summed E-state index contributed by atoms with van der Waals surface area (Å²) in [6, 6.07) is 15.8. The lowest BCUT2D eigenvalue weighted by atomic mass is 10.1. The lowest BCUT2D eigenvalue weighted by Gasteiger charge is -2.34. The van der Waals surface area contributed by atoms with Gasteiger partial charge in [0, 0.05) is 55.4 Å². The zero-order chi connectivity index (χ0) is 23.8. The molecular weight excluding hydrogens is 444 g/mol. The predicted octanol–water partition coefficient (Wildman–Crippen LogP) is 3.00. The van der Waals surface area contributed by atoms with Crippen molar-refractivity contribution in [1.82, 2.24) is 29.8 Å². The van der Waals surface area contributed by atoms with Crippen LogP contribution in [0.5, 0.6) is 5.75 Å². The molecule has 2 aromatic heterocycles. The van der Waals surface area contributed by atoms with Crippen LogP contribution in [-0.2, 0) is 24.4 Å². The van der Waals surface area contributed by atoms with Crippen LogP contribution in [0.3, 0.4) is 0 Å². The van der Waals surface area contributed by atoms with Gasteiger partial charge in [0.1, 0.15) is 17.5 Å². The van der Waals surface area contributed by atoms with E-state index in [1.165, 1.54) is 0 Å². The van der Waals surface area contributed by atoms with Gasteiger partial charge in [0.15, 0.2) is 0 Å². The van der Waals surface area contributed by atoms with Gasteiger partial charge in [-0.05, 0) is 35.9 Å². The van der Waals surface area contributed by atoms with Crippen molar-refractivity contribution in [3.05, 3.63) is 77.2 Å². The Morgan fingerprint density at radius 1 is 1.11 bits per heavy atom. The van der Waals surface area contributed by atoms with E-state index in [1.807, 2.05) is 64.3 Å². The summed E-state index contributed by atoms with van der Waals surface area (Å²) >= 11 is 0. The third-order valence-corrected chi connectivity index (χ3v) is 7.02. The van der Waals surface area contributed by atoms with Crippen LogP contribution in [0.25, 0.3) is 10.9 Å². The molecule has 4 aromatic rings. The molecule has 4 heterocycles. The number of hydrogen-bond donors (Lipinski definition) is 1. The van der Waals surface area contributed by atoms with E-state index in [4.69, 9.17) is 9.47 Å². The molecule has 0 saturated carbocycles. The molecule has 1 fully saturated rings. The van der Waals surface area contributed by atoms with Gasteiger partial charge in [-0.2, -0.15) is 0 Å². The highest BCUT2D eigenvalue weighted by molar-refractivity contribution is 6.06. The van der Waals surface area contributed by atoms with Crippen molar-refractivity contribution in [2.75, 3.05) is 33.3 Å². The van der Waals surface area contributed by atoms with Crippen molar-refractivity contribution in [2.45, 2.75) is 25.8 Å². The summed E-state index contributed by atoms with van der Waals surface area (Å²) in [5, 5.41) is 9.85. The molecule has 9 heteroatoms. The van der Waals surface area contributed by atoms with Gasteiger partial charge in [-0.3, -0.25) is 9.69 Å². The average molecular weight is 473 g/mol. The minimum absolute atomic E-state index is 0.0537. The first-order chi connectivity index (χ1) is 17.2. The number of amides is 1. The molecular formula is C26H28N6O3. The number of aromatic nitrogens is 4. The number of hydrogen-bond acceptors (Lipinski definition) is 6. The quantitative estimate of drug-likeness (QED) is 0.481. The van der Waals surface area contributed by atoms with E-state index in [0.717, 1.165) is 52.3 Å². The van der Waals surface area contributed by atoms with Gasteiger partial charge in [0.2, 0.25) is 0 Å². The molecule has 0 bridgehead atoms. The van der Waals surface area contributed by atoms with Gasteiger partial charge < -0.3 is 19.4 Å². The lowest BCUT2D eigenvalue weighted by molar-refractivity contribution is -0.00222. The van der Waals surface area contributed by atoms with Crippen LogP contribution in [0.15, 0.2) is 54.7 Å². The van der Waals surface area contributed by atoms with Crippen LogP contribution < -0.4 is 4.74 Å². The largest absolute Gasteiger partial charge is 0.497 e. The second kappa shape index (κ2) is 9.16. The fraction of sp³-hybridized carbons (Fsp3) is 0.346. The van der Waals surface area contributed by atoms with Crippen LogP contribution in [0.1, 0.15) is 33.4 Å². The molecule has 180 valence electrons. The fourth-order valence-corrected chi connectivity index (χ4v) is 4.97. The number of carbonyl (C=O) groups excluding carboxylic acids is 1. The third-order valence-electron chi connectivity index (χ3n) is 7.02. The zero-order valence-corrected chi connectivity index (χ0v) is 19.7. The monoisotopic (exact) mass is 472 g/mol. The highest BCUT2D eigenvalue weighted by Gasteiger charge is 2.28. The molecule has 1 amide bonds. The van der Waals surface area contributed by atoms with Crippen molar-refractivity contribution in [3.63, 3.8) is 0 Å².